The lowest BCUT2D eigenvalue weighted by atomic mass is 9.95. The van der Waals surface area contributed by atoms with Crippen molar-refractivity contribution >= 4 is 29.2 Å². The van der Waals surface area contributed by atoms with Gasteiger partial charge in [0.25, 0.3) is 11.1 Å². The SMILES string of the molecule is CC1(c2ccccc2)OC(=S)N(Nc2ncccn2)C1=O. The highest BCUT2D eigenvalue weighted by Gasteiger charge is 2.50. The van der Waals surface area contributed by atoms with Gasteiger partial charge in [-0.3, -0.25) is 10.2 Å². The van der Waals surface area contributed by atoms with Crippen molar-refractivity contribution in [1.82, 2.24) is 15.0 Å². The lowest BCUT2D eigenvalue weighted by molar-refractivity contribution is -0.135. The number of anilines is 1. The number of nitrogens with zero attached hydrogens (tertiary/aromatic N) is 3. The third-order valence-corrected chi connectivity index (χ3v) is 3.45. The van der Waals surface area contributed by atoms with E-state index >= 15 is 0 Å². The van der Waals surface area contributed by atoms with Crippen LogP contribution >= 0.6 is 12.2 Å². The molecule has 1 amide bonds. The number of hydrazine groups is 1. The number of hydrogen-bond acceptors (Lipinski definition) is 6. The van der Waals surface area contributed by atoms with E-state index in [4.69, 9.17) is 17.0 Å². The van der Waals surface area contributed by atoms with Gasteiger partial charge in [-0.1, -0.05) is 30.3 Å². The molecular weight excluding hydrogens is 288 g/mol. The van der Waals surface area contributed by atoms with Crippen molar-refractivity contribution in [2.24, 2.45) is 0 Å². The zero-order chi connectivity index (χ0) is 14.9. The summed E-state index contributed by atoms with van der Waals surface area (Å²) in [7, 11) is 0. The molecule has 6 nitrogen and oxygen atoms in total. The summed E-state index contributed by atoms with van der Waals surface area (Å²) in [6, 6.07) is 10.9. The summed E-state index contributed by atoms with van der Waals surface area (Å²) in [5.74, 6) is -0.0414. The minimum atomic E-state index is -1.15. The second kappa shape index (κ2) is 5.10. The van der Waals surface area contributed by atoms with Crippen LogP contribution < -0.4 is 5.43 Å². The van der Waals surface area contributed by atoms with Gasteiger partial charge in [0.05, 0.1) is 0 Å². The predicted octanol–water partition coefficient (Wildman–Crippen LogP) is 1.86. The van der Waals surface area contributed by atoms with Gasteiger partial charge in [0.2, 0.25) is 11.5 Å². The molecule has 2 heterocycles. The molecule has 1 aliphatic rings. The smallest absolute Gasteiger partial charge is 0.297 e. The number of thiocarbonyl (C=S) groups is 1. The van der Waals surface area contributed by atoms with E-state index in [1.54, 1.807) is 25.4 Å². The normalized spacial score (nSPS) is 21.3. The zero-order valence-corrected chi connectivity index (χ0v) is 12.0. The number of ether oxygens (including phenoxy) is 1. The van der Waals surface area contributed by atoms with Crippen LogP contribution in [0.4, 0.5) is 5.95 Å². The fraction of sp³-hybridized carbons (Fsp3) is 0.143. The number of amides is 1. The minimum absolute atomic E-state index is 0.0406. The lowest BCUT2D eigenvalue weighted by Crippen LogP contribution is -2.40. The van der Waals surface area contributed by atoms with E-state index in [1.807, 2.05) is 30.3 Å². The maximum absolute atomic E-state index is 12.6. The highest BCUT2D eigenvalue weighted by molar-refractivity contribution is 7.80. The van der Waals surface area contributed by atoms with Crippen LogP contribution in [0.3, 0.4) is 0 Å². The number of nitrogens with one attached hydrogen (secondary N) is 1. The van der Waals surface area contributed by atoms with E-state index in [2.05, 4.69) is 15.4 Å². The summed E-state index contributed by atoms with van der Waals surface area (Å²) >= 11 is 5.13. The molecule has 1 aliphatic heterocycles. The van der Waals surface area contributed by atoms with Gasteiger partial charge in [-0.25, -0.2) is 9.97 Å². The number of carbonyl (C=O) groups excluding carboxylic acids is 1. The Kier molecular flexibility index (Phi) is 3.26. The average Bonchev–Trinajstić information content (AvgIpc) is 2.74. The van der Waals surface area contributed by atoms with E-state index in [0.29, 0.717) is 0 Å². The Hall–Kier alpha value is -2.54. The Bertz CT molecular complexity index is 680. The quantitative estimate of drug-likeness (QED) is 0.873. The van der Waals surface area contributed by atoms with Gasteiger partial charge in [-0.2, -0.15) is 5.01 Å². The molecule has 1 aromatic heterocycles. The molecule has 1 saturated heterocycles. The van der Waals surface area contributed by atoms with Crippen molar-refractivity contribution < 1.29 is 9.53 Å². The summed E-state index contributed by atoms with van der Waals surface area (Å²) in [6.45, 7) is 1.69. The van der Waals surface area contributed by atoms with Gasteiger partial charge in [0.15, 0.2) is 0 Å². The van der Waals surface area contributed by atoms with Crippen molar-refractivity contribution in [2.45, 2.75) is 12.5 Å². The highest BCUT2D eigenvalue weighted by atomic mass is 32.1. The molecule has 1 atom stereocenters. The average molecular weight is 300 g/mol. The first-order valence-electron chi connectivity index (χ1n) is 6.28. The summed E-state index contributed by atoms with van der Waals surface area (Å²) < 4.78 is 5.62. The van der Waals surface area contributed by atoms with Crippen LogP contribution in [-0.2, 0) is 15.1 Å². The Morgan fingerprint density at radius 3 is 2.52 bits per heavy atom. The number of benzene rings is 1. The van der Waals surface area contributed by atoms with Crippen LogP contribution in [0.5, 0.6) is 0 Å². The zero-order valence-electron chi connectivity index (χ0n) is 11.2. The molecule has 1 N–H and O–H groups in total. The van der Waals surface area contributed by atoms with Crippen molar-refractivity contribution in [3.8, 4) is 0 Å². The molecule has 106 valence electrons. The van der Waals surface area contributed by atoms with Gasteiger partial charge < -0.3 is 4.74 Å². The topological polar surface area (TPSA) is 67.3 Å². The number of hydrogen-bond donors (Lipinski definition) is 1. The van der Waals surface area contributed by atoms with Crippen molar-refractivity contribution in [2.75, 3.05) is 5.43 Å². The number of aromatic nitrogens is 2. The van der Waals surface area contributed by atoms with Crippen molar-refractivity contribution in [3.05, 3.63) is 54.4 Å². The highest BCUT2D eigenvalue weighted by Crippen LogP contribution is 2.34. The first-order chi connectivity index (χ1) is 10.1. The largest absolute Gasteiger partial charge is 0.448 e. The molecule has 1 unspecified atom stereocenters. The second-order valence-corrected chi connectivity index (χ2v) is 4.94. The monoisotopic (exact) mass is 300 g/mol. The summed E-state index contributed by atoms with van der Waals surface area (Å²) in [6.07, 6.45) is 3.13. The Labute approximate surface area is 126 Å². The Morgan fingerprint density at radius 2 is 1.86 bits per heavy atom. The van der Waals surface area contributed by atoms with Crippen LogP contribution in [0, 0.1) is 0 Å². The molecule has 3 rings (SSSR count). The molecule has 7 heteroatoms. The molecule has 0 saturated carbocycles. The lowest BCUT2D eigenvalue weighted by Gasteiger charge is -2.20. The Morgan fingerprint density at radius 1 is 1.19 bits per heavy atom. The maximum Gasteiger partial charge on any atom is 0.297 e. The summed E-state index contributed by atoms with van der Waals surface area (Å²) in [4.78, 5) is 20.6. The van der Waals surface area contributed by atoms with Crippen LogP contribution in [0.15, 0.2) is 48.8 Å². The fourth-order valence-corrected chi connectivity index (χ4v) is 2.35. The molecular formula is C14H12N4O2S. The van der Waals surface area contributed by atoms with Crippen LogP contribution in [-0.4, -0.2) is 26.1 Å². The van der Waals surface area contributed by atoms with E-state index in [9.17, 15) is 4.79 Å². The van der Waals surface area contributed by atoms with E-state index in [1.165, 1.54) is 0 Å². The number of rotatable bonds is 3. The van der Waals surface area contributed by atoms with Crippen LogP contribution in [0.2, 0.25) is 0 Å². The maximum atomic E-state index is 12.6. The summed E-state index contributed by atoms with van der Waals surface area (Å²) in [5.41, 5.74) is 2.34. The molecule has 0 aliphatic carbocycles. The van der Waals surface area contributed by atoms with Gasteiger partial charge in [0.1, 0.15) is 0 Å². The molecule has 0 bridgehead atoms. The molecule has 1 fully saturated rings. The second-order valence-electron chi connectivity index (χ2n) is 4.59. The molecule has 0 spiro atoms. The van der Waals surface area contributed by atoms with Gasteiger partial charge >= 0.3 is 0 Å². The minimum Gasteiger partial charge on any atom is -0.448 e. The van der Waals surface area contributed by atoms with Gasteiger partial charge in [0, 0.05) is 18.0 Å². The molecule has 21 heavy (non-hydrogen) atoms. The van der Waals surface area contributed by atoms with Gasteiger partial charge in [-0.15, -0.1) is 0 Å². The first-order valence-corrected chi connectivity index (χ1v) is 6.69. The fourth-order valence-electron chi connectivity index (χ4n) is 2.05. The number of carbonyl (C=O) groups is 1. The van der Waals surface area contributed by atoms with Crippen molar-refractivity contribution in [3.63, 3.8) is 0 Å². The van der Waals surface area contributed by atoms with E-state index in [0.717, 1.165) is 10.6 Å². The first kappa shape index (κ1) is 13.4. The van der Waals surface area contributed by atoms with Gasteiger partial charge in [-0.05, 0) is 25.2 Å². The Balaban J connectivity index is 1.89. The molecule has 0 radical (unpaired) electrons. The van der Waals surface area contributed by atoms with Crippen LogP contribution in [0.1, 0.15) is 12.5 Å². The third kappa shape index (κ3) is 2.31. The van der Waals surface area contributed by atoms with E-state index < -0.39 is 5.60 Å². The molecule has 1 aromatic carbocycles. The predicted molar refractivity (Wildman–Crippen MR) is 80.0 cm³/mol. The molecule has 2 aromatic rings. The van der Waals surface area contributed by atoms with E-state index in [-0.39, 0.29) is 17.0 Å². The van der Waals surface area contributed by atoms with Crippen LogP contribution in [0.25, 0.3) is 0 Å². The van der Waals surface area contributed by atoms with Crippen molar-refractivity contribution in [1.29, 1.82) is 0 Å². The standard InChI is InChI=1S/C14H12N4O2S/c1-14(10-6-3-2-4-7-10)11(19)18(13(21)20-14)17-12-15-8-5-9-16-12/h2-9H,1H3,(H,15,16,17). The summed E-state index contributed by atoms with van der Waals surface area (Å²) in [5, 5.41) is 1.19. The third-order valence-electron chi connectivity index (χ3n) is 3.19.